The minimum Gasteiger partial charge on any atom is -0.341 e. The van der Waals surface area contributed by atoms with Crippen molar-refractivity contribution in [2.45, 2.75) is 18.2 Å². The van der Waals surface area contributed by atoms with Crippen LogP contribution in [-0.2, 0) is 17.9 Å². The fourth-order valence-corrected chi connectivity index (χ4v) is 4.21. The highest BCUT2D eigenvalue weighted by Crippen LogP contribution is 2.27. The fourth-order valence-electron chi connectivity index (χ4n) is 3.33. The molecule has 0 aliphatic carbocycles. The number of benzene rings is 3. The summed E-state index contributed by atoms with van der Waals surface area (Å²) in [6.07, 6.45) is 0. The number of hydrogen-bond donors (Lipinski definition) is 0. The lowest BCUT2D eigenvalue weighted by Crippen LogP contribution is -2.27. The van der Waals surface area contributed by atoms with Gasteiger partial charge in [-0.3, -0.25) is 9.36 Å². The Bertz CT molecular complexity index is 1180. The van der Waals surface area contributed by atoms with Gasteiger partial charge >= 0.3 is 0 Å². The van der Waals surface area contributed by atoms with Gasteiger partial charge in [-0.2, -0.15) is 0 Å². The molecule has 0 saturated carbocycles. The highest BCUT2D eigenvalue weighted by Gasteiger charge is 2.19. The average Bonchev–Trinajstić information content (AvgIpc) is 3.21. The molecule has 0 spiro atoms. The summed E-state index contributed by atoms with van der Waals surface area (Å²) in [5.74, 6) is 0.289. The monoisotopic (exact) mass is 446 g/mol. The summed E-state index contributed by atoms with van der Waals surface area (Å²) in [6.45, 7) is 1.02. The molecule has 7 heteroatoms. The van der Waals surface area contributed by atoms with Gasteiger partial charge in [0.15, 0.2) is 11.0 Å². The van der Waals surface area contributed by atoms with Gasteiger partial charge in [0, 0.05) is 13.6 Å². The van der Waals surface area contributed by atoms with Crippen LogP contribution >= 0.6 is 11.8 Å². The Morgan fingerprint density at radius 3 is 2.22 bits per heavy atom. The Hall–Kier alpha value is -3.45. The lowest BCUT2D eigenvalue weighted by atomic mass is 10.2. The summed E-state index contributed by atoms with van der Waals surface area (Å²) in [6, 6.07) is 26.2. The maximum Gasteiger partial charge on any atom is 0.233 e. The number of thioether (sulfide) groups is 1. The minimum atomic E-state index is -0.357. The molecular formula is C25H23FN4OS. The standard InChI is InChI=1S/C25H23FN4OS/c1-29(16-19-10-4-2-5-11-19)23(31)18-32-25-28-27-24(21-14-8-9-15-22(21)26)30(25)17-20-12-6-3-7-13-20/h2-15H,16-18H2,1H3. The summed E-state index contributed by atoms with van der Waals surface area (Å²) in [4.78, 5) is 14.4. The van der Waals surface area contributed by atoms with Crippen LogP contribution in [0, 0.1) is 5.82 Å². The maximum absolute atomic E-state index is 14.5. The van der Waals surface area contributed by atoms with Gasteiger partial charge in [-0.15, -0.1) is 10.2 Å². The Labute approximate surface area is 190 Å². The Morgan fingerprint density at radius 1 is 0.906 bits per heavy atom. The SMILES string of the molecule is CN(Cc1ccccc1)C(=O)CSc1nnc(-c2ccccc2F)n1Cc1ccccc1. The molecule has 0 fully saturated rings. The Balaban J connectivity index is 1.54. The van der Waals surface area contributed by atoms with Gasteiger partial charge < -0.3 is 4.90 Å². The minimum absolute atomic E-state index is 0.0134. The number of halogens is 1. The predicted molar refractivity (Wildman–Crippen MR) is 125 cm³/mol. The molecule has 1 aromatic heterocycles. The molecule has 0 bridgehead atoms. The maximum atomic E-state index is 14.5. The summed E-state index contributed by atoms with van der Waals surface area (Å²) >= 11 is 1.31. The third-order valence-electron chi connectivity index (χ3n) is 5.03. The van der Waals surface area contributed by atoms with Crippen molar-refractivity contribution in [2.75, 3.05) is 12.8 Å². The van der Waals surface area contributed by atoms with Crippen molar-refractivity contribution in [1.29, 1.82) is 0 Å². The van der Waals surface area contributed by atoms with E-state index in [4.69, 9.17) is 0 Å². The van der Waals surface area contributed by atoms with E-state index in [1.54, 1.807) is 30.1 Å². The van der Waals surface area contributed by atoms with E-state index in [1.165, 1.54) is 17.8 Å². The van der Waals surface area contributed by atoms with E-state index < -0.39 is 0 Å². The fraction of sp³-hybridized carbons (Fsp3) is 0.160. The van der Waals surface area contributed by atoms with E-state index in [0.29, 0.717) is 29.6 Å². The largest absolute Gasteiger partial charge is 0.341 e. The molecular weight excluding hydrogens is 423 g/mol. The zero-order valence-electron chi connectivity index (χ0n) is 17.7. The van der Waals surface area contributed by atoms with E-state index in [1.807, 2.05) is 65.2 Å². The number of amides is 1. The number of aromatic nitrogens is 3. The van der Waals surface area contributed by atoms with Gasteiger partial charge in [-0.25, -0.2) is 4.39 Å². The van der Waals surface area contributed by atoms with Crippen LogP contribution in [0.2, 0.25) is 0 Å². The van der Waals surface area contributed by atoms with Crippen LogP contribution in [-0.4, -0.2) is 38.4 Å². The van der Waals surface area contributed by atoms with Crippen LogP contribution < -0.4 is 0 Å². The second kappa shape index (κ2) is 10.2. The van der Waals surface area contributed by atoms with Gasteiger partial charge in [0.25, 0.3) is 0 Å². The van der Waals surface area contributed by atoms with Crippen LogP contribution in [0.3, 0.4) is 0 Å². The third kappa shape index (κ3) is 5.23. The van der Waals surface area contributed by atoms with Crippen molar-refractivity contribution in [2.24, 2.45) is 0 Å². The lowest BCUT2D eigenvalue weighted by molar-refractivity contribution is -0.127. The van der Waals surface area contributed by atoms with E-state index in [-0.39, 0.29) is 17.5 Å². The molecule has 4 aromatic rings. The van der Waals surface area contributed by atoms with Crippen molar-refractivity contribution < 1.29 is 9.18 Å². The van der Waals surface area contributed by atoms with E-state index in [9.17, 15) is 9.18 Å². The lowest BCUT2D eigenvalue weighted by Gasteiger charge is -2.17. The Kier molecular flexibility index (Phi) is 6.97. The number of hydrogen-bond acceptors (Lipinski definition) is 4. The first-order valence-corrected chi connectivity index (χ1v) is 11.2. The van der Waals surface area contributed by atoms with Crippen molar-refractivity contribution in [3.8, 4) is 11.4 Å². The summed E-state index contributed by atoms with van der Waals surface area (Å²) < 4.78 is 16.3. The van der Waals surface area contributed by atoms with Crippen LogP contribution in [0.25, 0.3) is 11.4 Å². The molecule has 3 aromatic carbocycles. The number of rotatable bonds is 8. The molecule has 0 aliphatic rings. The van der Waals surface area contributed by atoms with Crippen LogP contribution in [0.1, 0.15) is 11.1 Å². The van der Waals surface area contributed by atoms with Gasteiger partial charge in [-0.05, 0) is 23.3 Å². The highest BCUT2D eigenvalue weighted by molar-refractivity contribution is 7.99. The van der Waals surface area contributed by atoms with Crippen molar-refractivity contribution >= 4 is 17.7 Å². The van der Waals surface area contributed by atoms with Gasteiger partial charge in [0.1, 0.15) is 5.82 Å². The second-order valence-corrected chi connectivity index (χ2v) is 8.32. The molecule has 0 unspecified atom stereocenters. The molecule has 0 saturated heterocycles. The first-order chi connectivity index (χ1) is 15.6. The third-order valence-corrected chi connectivity index (χ3v) is 5.98. The van der Waals surface area contributed by atoms with Gasteiger partial charge in [0.05, 0.1) is 17.9 Å². The van der Waals surface area contributed by atoms with Gasteiger partial charge in [0.2, 0.25) is 5.91 Å². The highest BCUT2D eigenvalue weighted by atomic mass is 32.2. The Morgan fingerprint density at radius 2 is 1.53 bits per heavy atom. The summed E-state index contributed by atoms with van der Waals surface area (Å²) in [5.41, 5.74) is 2.50. The molecule has 162 valence electrons. The molecule has 1 amide bonds. The van der Waals surface area contributed by atoms with Crippen LogP contribution in [0.5, 0.6) is 0 Å². The number of nitrogens with zero attached hydrogens (tertiary/aromatic N) is 4. The molecule has 0 atom stereocenters. The molecule has 0 N–H and O–H groups in total. The molecule has 0 radical (unpaired) electrons. The zero-order chi connectivity index (χ0) is 22.3. The topological polar surface area (TPSA) is 51.0 Å². The van der Waals surface area contributed by atoms with Crippen LogP contribution in [0.4, 0.5) is 4.39 Å². The van der Waals surface area contributed by atoms with E-state index >= 15 is 0 Å². The first-order valence-electron chi connectivity index (χ1n) is 10.2. The number of carbonyl (C=O) groups excluding carboxylic acids is 1. The average molecular weight is 447 g/mol. The smallest absolute Gasteiger partial charge is 0.233 e. The van der Waals surface area contributed by atoms with Crippen LogP contribution in [0.15, 0.2) is 90.1 Å². The molecule has 5 nitrogen and oxygen atoms in total. The molecule has 1 heterocycles. The van der Waals surface area contributed by atoms with Gasteiger partial charge in [-0.1, -0.05) is 84.6 Å². The quantitative estimate of drug-likeness (QED) is 0.362. The zero-order valence-corrected chi connectivity index (χ0v) is 18.5. The molecule has 32 heavy (non-hydrogen) atoms. The molecule has 4 rings (SSSR count). The van der Waals surface area contributed by atoms with Crippen molar-refractivity contribution in [1.82, 2.24) is 19.7 Å². The normalized spacial score (nSPS) is 10.8. The van der Waals surface area contributed by atoms with E-state index in [0.717, 1.165) is 11.1 Å². The summed E-state index contributed by atoms with van der Waals surface area (Å²) in [5, 5.41) is 9.12. The molecule has 0 aliphatic heterocycles. The summed E-state index contributed by atoms with van der Waals surface area (Å²) in [7, 11) is 1.79. The van der Waals surface area contributed by atoms with Crippen molar-refractivity contribution in [3.63, 3.8) is 0 Å². The predicted octanol–water partition coefficient (Wildman–Crippen LogP) is 4.88. The first kappa shape index (κ1) is 21.8. The van der Waals surface area contributed by atoms with E-state index in [2.05, 4.69) is 10.2 Å². The number of carbonyl (C=O) groups is 1. The second-order valence-electron chi connectivity index (χ2n) is 7.38. The van der Waals surface area contributed by atoms with Crippen molar-refractivity contribution in [3.05, 3.63) is 102 Å².